The number of rotatable bonds is 3. The SMILES string of the molecule is Cc1sc2ccc(Cl)cc2c1S(=O)(=O)NC1CCC(N)CC1. The summed E-state index contributed by atoms with van der Waals surface area (Å²) in [6.07, 6.45) is 3.31. The lowest BCUT2D eigenvalue weighted by Gasteiger charge is -2.26. The molecule has 120 valence electrons. The molecule has 1 heterocycles. The van der Waals surface area contributed by atoms with E-state index in [1.165, 1.54) is 11.3 Å². The van der Waals surface area contributed by atoms with Crippen molar-refractivity contribution in [2.75, 3.05) is 0 Å². The largest absolute Gasteiger partial charge is 0.328 e. The summed E-state index contributed by atoms with van der Waals surface area (Å²) in [6, 6.07) is 5.55. The second-order valence-electron chi connectivity index (χ2n) is 5.86. The number of benzene rings is 1. The van der Waals surface area contributed by atoms with Crippen LogP contribution in [0.25, 0.3) is 10.1 Å². The van der Waals surface area contributed by atoms with Gasteiger partial charge in [0.1, 0.15) is 4.90 Å². The highest BCUT2D eigenvalue weighted by atomic mass is 35.5. The summed E-state index contributed by atoms with van der Waals surface area (Å²) in [5, 5.41) is 1.25. The highest BCUT2D eigenvalue weighted by molar-refractivity contribution is 7.90. The van der Waals surface area contributed by atoms with E-state index >= 15 is 0 Å². The molecule has 1 aliphatic carbocycles. The van der Waals surface area contributed by atoms with Gasteiger partial charge in [0.05, 0.1) is 0 Å². The number of nitrogens with one attached hydrogen (secondary N) is 1. The van der Waals surface area contributed by atoms with Gasteiger partial charge in [0.2, 0.25) is 10.0 Å². The predicted octanol–water partition coefficient (Wildman–Crippen LogP) is 3.41. The highest BCUT2D eigenvalue weighted by Gasteiger charge is 2.28. The van der Waals surface area contributed by atoms with Crippen LogP contribution in [0.15, 0.2) is 23.1 Å². The van der Waals surface area contributed by atoms with Crippen molar-refractivity contribution >= 4 is 43.0 Å². The van der Waals surface area contributed by atoms with E-state index in [2.05, 4.69) is 4.72 Å². The van der Waals surface area contributed by atoms with Crippen molar-refractivity contribution < 1.29 is 8.42 Å². The maximum Gasteiger partial charge on any atom is 0.242 e. The minimum atomic E-state index is -3.55. The van der Waals surface area contributed by atoms with Gasteiger partial charge in [-0.15, -0.1) is 11.3 Å². The lowest BCUT2D eigenvalue weighted by atomic mass is 9.93. The number of fused-ring (bicyclic) bond motifs is 1. The first-order valence-corrected chi connectivity index (χ1v) is 10.0. The van der Waals surface area contributed by atoms with E-state index in [9.17, 15) is 8.42 Å². The number of aryl methyl sites for hydroxylation is 1. The van der Waals surface area contributed by atoms with Crippen molar-refractivity contribution in [2.24, 2.45) is 5.73 Å². The molecular weight excluding hydrogens is 340 g/mol. The molecule has 22 heavy (non-hydrogen) atoms. The van der Waals surface area contributed by atoms with Gasteiger partial charge >= 0.3 is 0 Å². The van der Waals surface area contributed by atoms with Crippen LogP contribution in [0.5, 0.6) is 0 Å². The topological polar surface area (TPSA) is 72.2 Å². The van der Waals surface area contributed by atoms with Gasteiger partial charge in [-0.3, -0.25) is 0 Å². The van der Waals surface area contributed by atoms with Crippen molar-refractivity contribution in [2.45, 2.75) is 49.6 Å². The van der Waals surface area contributed by atoms with Crippen molar-refractivity contribution in [1.82, 2.24) is 4.72 Å². The minimum absolute atomic E-state index is 0.0293. The zero-order chi connectivity index (χ0) is 15.9. The highest BCUT2D eigenvalue weighted by Crippen LogP contribution is 2.36. The molecule has 0 spiro atoms. The molecule has 0 bridgehead atoms. The minimum Gasteiger partial charge on any atom is -0.328 e. The van der Waals surface area contributed by atoms with Gasteiger partial charge in [-0.1, -0.05) is 11.6 Å². The Labute approximate surface area is 139 Å². The van der Waals surface area contributed by atoms with Gasteiger partial charge in [-0.25, -0.2) is 13.1 Å². The maximum absolute atomic E-state index is 12.8. The fraction of sp³-hybridized carbons (Fsp3) is 0.467. The van der Waals surface area contributed by atoms with Crippen LogP contribution >= 0.6 is 22.9 Å². The molecule has 0 unspecified atom stereocenters. The van der Waals surface area contributed by atoms with Gasteiger partial charge in [-0.05, 0) is 50.8 Å². The fourth-order valence-electron chi connectivity index (χ4n) is 3.02. The summed E-state index contributed by atoms with van der Waals surface area (Å²) >= 11 is 7.51. The summed E-state index contributed by atoms with van der Waals surface area (Å²) in [6.45, 7) is 1.84. The Morgan fingerprint density at radius 2 is 1.95 bits per heavy atom. The van der Waals surface area contributed by atoms with Crippen LogP contribution in [0.3, 0.4) is 0 Å². The monoisotopic (exact) mass is 358 g/mol. The zero-order valence-corrected chi connectivity index (χ0v) is 14.7. The lowest BCUT2D eigenvalue weighted by molar-refractivity contribution is 0.373. The Morgan fingerprint density at radius 3 is 2.64 bits per heavy atom. The Bertz CT molecular complexity index is 793. The molecule has 1 fully saturated rings. The van der Waals surface area contributed by atoms with E-state index in [0.29, 0.717) is 15.3 Å². The van der Waals surface area contributed by atoms with E-state index < -0.39 is 10.0 Å². The van der Waals surface area contributed by atoms with Crippen molar-refractivity contribution in [3.05, 3.63) is 28.1 Å². The lowest BCUT2D eigenvalue weighted by Crippen LogP contribution is -2.40. The fourth-order valence-corrected chi connectivity index (χ4v) is 6.28. The third-order valence-corrected chi connectivity index (χ3v) is 7.29. The van der Waals surface area contributed by atoms with Crippen LogP contribution in [0, 0.1) is 6.92 Å². The molecule has 1 aromatic heterocycles. The molecule has 0 aliphatic heterocycles. The number of nitrogens with two attached hydrogens (primary N) is 1. The third-order valence-electron chi connectivity index (χ3n) is 4.13. The molecule has 3 N–H and O–H groups in total. The number of thiophene rings is 1. The van der Waals surface area contributed by atoms with E-state index in [4.69, 9.17) is 17.3 Å². The summed E-state index contributed by atoms with van der Waals surface area (Å²) in [5.41, 5.74) is 5.88. The summed E-state index contributed by atoms with van der Waals surface area (Å²) in [5.74, 6) is 0. The quantitative estimate of drug-likeness (QED) is 0.883. The van der Waals surface area contributed by atoms with E-state index in [1.54, 1.807) is 12.1 Å². The summed E-state index contributed by atoms with van der Waals surface area (Å²) < 4.78 is 29.4. The van der Waals surface area contributed by atoms with E-state index in [0.717, 1.165) is 35.3 Å². The Morgan fingerprint density at radius 1 is 1.27 bits per heavy atom. The first-order valence-electron chi connectivity index (χ1n) is 7.33. The summed E-state index contributed by atoms with van der Waals surface area (Å²) in [4.78, 5) is 1.15. The molecule has 0 radical (unpaired) electrons. The Hall–Kier alpha value is -0.660. The van der Waals surface area contributed by atoms with Crippen molar-refractivity contribution in [3.63, 3.8) is 0 Å². The van der Waals surface area contributed by atoms with Crippen LogP contribution in [0.2, 0.25) is 5.02 Å². The van der Waals surface area contributed by atoms with Gasteiger partial charge < -0.3 is 5.73 Å². The number of halogens is 1. The number of sulfonamides is 1. The van der Waals surface area contributed by atoms with Crippen LogP contribution in [-0.4, -0.2) is 20.5 Å². The van der Waals surface area contributed by atoms with Crippen molar-refractivity contribution in [3.8, 4) is 0 Å². The average Bonchev–Trinajstić information content (AvgIpc) is 2.77. The van der Waals surface area contributed by atoms with Gasteiger partial charge in [0.15, 0.2) is 0 Å². The molecule has 1 aliphatic rings. The number of hydrogen-bond acceptors (Lipinski definition) is 4. The molecule has 0 atom stereocenters. The second-order valence-corrected chi connectivity index (χ2v) is 9.20. The van der Waals surface area contributed by atoms with E-state index in [1.807, 2.05) is 13.0 Å². The van der Waals surface area contributed by atoms with E-state index in [-0.39, 0.29) is 12.1 Å². The molecule has 7 heteroatoms. The third kappa shape index (κ3) is 3.16. The molecule has 0 saturated heterocycles. The smallest absolute Gasteiger partial charge is 0.242 e. The van der Waals surface area contributed by atoms with Crippen LogP contribution in [0.4, 0.5) is 0 Å². The maximum atomic E-state index is 12.8. The normalized spacial score (nSPS) is 23.0. The number of hydrogen-bond donors (Lipinski definition) is 2. The molecule has 4 nitrogen and oxygen atoms in total. The molecule has 1 aromatic carbocycles. The second kappa shape index (κ2) is 6.09. The molecule has 2 aromatic rings. The van der Waals surface area contributed by atoms with Gasteiger partial charge in [0.25, 0.3) is 0 Å². The average molecular weight is 359 g/mol. The summed E-state index contributed by atoms with van der Waals surface area (Å²) in [7, 11) is -3.55. The van der Waals surface area contributed by atoms with Crippen molar-refractivity contribution in [1.29, 1.82) is 0 Å². The predicted molar refractivity (Wildman–Crippen MR) is 92.1 cm³/mol. The zero-order valence-electron chi connectivity index (χ0n) is 12.3. The van der Waals surface area contributed by atoms with Crippen LogP contribution in [-0.2, 0) is 10.0 Å². The molecule has 3 rings (SSSR count). The van der Waals surface area contributed by atoms with Crippen LogP contribution in [0.1, 0.15) is 30.6 Å². The van der Waals surface area contributed by atoms with Gasteiger partial charge in [-0.2, -0.15) is 0 Å². The molecule has 1 saturated carbocycles. The molecular formula is C15H19ClN2O2S2. The van der Waals surface area contributed by atoms with Gasteiger partial charge in [0, 0.05) is 32.1 Å². The van der Waals surface area contributed by atoms with Crippen LogP contribution < -0.4 is 10.5 Å². The Balaban J connectivity index is 1.95. The standard InChI is InChI=1S/C15H19ClN2O2S2/c1-9-15(13-8-10(16)2-7-14(13)21-9)22(19,20)18-12-5-3-11(17)4-6-12/h2,7-8,11-12,18H,3-6,17H2,1H3. The molecule has 0 amide bonds. The Kier molecular flexibility index (Phi) is 4.49. The first kappa shape index (κ1) is 16.2. The first-order chi connectivity index (χ1) is 10.4.